The Bertz CT molecular complexity index is 195. The van der Waals surface area contributed by atoms with Crippen LogP contribution in [0.5, 0.6) is 0 Å². The van der Waals surface area contributed by atoms with Crippen LogP contribution in [0.4, 0.5) is 0 Å². The molecule has 0 aromatic carbocycles. The molecule has 0 aromatic rings. The molecule has 0 bridgehead atoms. The maximum atomic E-state index is 11.4. The van der Waals surface area contributed by atoms with Crippen molar-refractivity contribution in [3.63, 3.8) is 0 Å². The quantitative estimate of drug-likeness (QED) is 0.559. The van der Waals surface area contributed by atoms with Gasteiger partial charge in [-0.3, -0.25) is 4.79 Å². The predicted octanol–water partition coefficient (Wildman–Crippen LogP) is 1.40. The lowest BCUT2D eigenvalue weighted by Crippen LogP contribution is -2.49. The third kappa shape index (κ3) is 5.33. The first-order chi connectivity index (χ1) is 5.54. The number of carbonyl (C=O) groups is 1. The zero-order valence-electron chi connectivity index (χ0n) is 8.92. The molecule has 0 aliphatic heterocycles. The van der Waals surface area contributed by atoms with E-state index in [0.717, 1.165) is 0 Å². The van der Waals surface area contributed by atoms with Crippen molar-refractivity contribution in [1.82, 2.24) is 0 Å². The van der Waals surface area contributed by atoms with Crippen LogP contribution in [0.25, 0.3) is 0 Å². The summed E-state index contributed by atoms with van der Waals surface area (Å²) in [6, 6.07) is -0.664. The normalized spacial score (nSPS) is 15.3. The Morgan fingerprint density at radius 2 is 1.85 bits per heavy atom. The molecule has 5 heteroatoms. The van der Waals surface area contributed by atoms with E-state index in [1.165, 1.54) is 0 Å². The minimum atomic E-state index is -1.83. The number of carbonyl (C=O) groups excluding carboxylic acids is 1. The van der Waals surface area contributed by atoms with Crippen LogP contribution in [0.2, 0.25) is 19.6 Å². The van der Waals surface area contributed by atoms with Gasteiger partial charge in [-0.2, -0.15) is 12.6 Å². The summed E-state index contributed by atoms with van der Waals surface area (Å²) < 4.78 is 4.72. The van der Waals surface area contributed by atoms with Crippen molar-refractivity contribution in [2.45, 2.75) is 44.3 Å². The maximum absolute atomic E-state index is 11.4. The molecule has 0 aromatic heterocycles. The van der Waals surface area contributed by atoms with Crippen LogP contribution < -0.4 is 5.73 Å². The summed E-state index contributed by atoms with van der Waals surface area (Å²) in [6.07, 6.45) is 0. The second kappa shape index (κ2) is 4.02. The van der Waals surface area contributed by atoms with Gasteiger partial charge in [0.05, 0.1) is 0 Å². The molecule has 0 radical (unpaired) electrons. The Kier molecular flexibility index (Phi) is 4.02. The number of hydrogen-bond acceptors (Lipinski definition) is 4. The highest BCUT2D eigenvalue weighted by atomic mass is 32.1. The minimum absolute atomic E-state index is 0.348. The van der Waals surface area contributed by atoms with Gasteiger partial charge >= 0.3 is 5.97 Å². The average molecular weight is 221 g/mol. The van der Waals surface area contributed by atoms with Gasteiger partial charge in [0.2, 0.25) is 8.32 Å². The van der Waals surface area contributed by atoms with Crippen molar-refractivity contribution in [2.75, 3.05) is 0 Å². The van der Waals surface area contributed by atoms with E-state index < -0.39 is 19.1 Å². The van der Waals surface area contributed by atoms with E-state index in [4.69, 9.17) is 10.2 Å². The lowest BCUT2D eigenvalue weighted by molar-refractivity contribution is -0.137. The largest absolute Gasteiger partial charge is 0.519 e. The van der Waals surface area contributed by atoms with Crippen LogP contribution in [0.3, 0.4) is 0 Å². The number of rotatable bonds is 3. The van der Waals surface area contributed by atoms with Crippen LogP contribution in [0.1, 0.15) is 13.8 Å². The smallest absolute Gasteiger partial charge is 0.311 e. The van der Waals surface area contributed by atoms with E-state index in [0.29, 0.717) is 0 Å². The van der Waals surface area contributed by atoms with Gasteiger partial charge in [-0.05, 0) is 33.5 Å². The zero-order valence-corrected chi connectivity index (χ0v) is 10.8. The molecule has 78 valence electrons. The molecule has 0 spiro atoms. The molecule has 0 amide bonds. The SMILES string of the molecule is CC(C)(S)[C@H](N)C(=O)O[Si](C)(C)C. The molecule has 0 aliphatic rings. The highest BCUT2D eigenvalue weighted by Crippen LogP contribution is 2.18. The summed E-state index contributed by atoms with van der Waals surface area (Å²) in [6.45, 7) is 9.44. The first-order valence-electron chi connectivity index (χ1n) is 4.25. The van der Waals surface area contributed by atoms with E-state index in [1.54, 1.807) is 13.8 Å². The van der Waals surface area contributed by atoms with Crippen molar-refractivity contribution in [3.05, 3.63) is 0 Å². The van der Waals surface area contributed by atoms with Crippen molar-refractivity contribution in [1.29, 1.82) is 0 Å². The molecule has 0 saturated heterocycles. The van der Waals surface area contributed by atoms with Gasteiger partial charge in [0.1, 0.15) is 6.04 Å². The second-order valence-electron chi connectivity index (χ2n) is 4.66. The first kappa shape index (κ1) is 13.0. The van der Waals surface area contributed by atoms with Crippen molar-refractivity contribution in [3.8, 4) is 0 Å². The van der Waals surface area contributed by atoms with Gasteiger partial charge in [-0.25, -0.2) is 0 Å². The Labute approximate surface area is 86.6 Å². The Hall–Kier alpha value is -0.00312. The second-order valence-corrected chi connectivity index (χ2v) is 10.2. The van der Waals surface area contributed by atoms with Gasteiger partial charge in [-0.15, -0.1) is 0 Å². The van der Waals surface area contributed by atoms with E-state index in [-0.39, 0.29) is 5.97 Å². The number of nitrogens with two attached hydrogens (primary N) is 1. The molecule has 1 atom stereocenters. The van der Waals surface area contributed by atoms with Crippen LogP contribution in [0, 0.1) is 0 Å². The standard InChI is InChI=1S/C8H19NO2SSi/c1-8(2,12)6(9)7(10)11-13(3,4)5/h6,12H,9H2,1-5H3/t6-/m1/s1. The molecular weight excluding hydrogens is 202 g/mol. The van der Waals surface area contributed by atoms with E-state index in [1.807, 2.05) is 19.6 Å². The lowest BCUT2D eigenvalue weighted by atomic mass is 10.1. The van der Waals surface area contributed by atoms with Crippen molar-refractivity contribution >= 4 is 26.9 Å². The first-order valence-corrected chi connectivity index (χ1v) is 8.10. The monoisotopic (exact) mass is 221 g/mol. The Morgan fingerprint density at radius 3 is 2.08 bits per heavy atom. The summed E-state index contributed by atoms with van der Waals surface area (Å²) in [5.41, 5.74) is 5.67. The zero-order chi connectivity index (χ0) is 10.9. The molecule has 3 nitrogen and oxygen atoms in total. The third-order valence-corrected chi connectivity index (χ3v) is 2.51. The fourth-order valence-corrected chi connectivity index (χ4v) is 1.49. The number of thiol groups is 1. The van der Waals surface area contributed by atoms with Crippen LogP contribution in [-0.4, -0.2) is 25.1 Å². The Morgan fingerprint density at radius 1 is 1.46 bits per heavy atom. The van der Waals surface area contributed by atoms with Gasteiger partial charge in [0, 0.05) is 4.75 Å². The molecule has 13 heavy (non-hydrogen) atoms. The molecule has 2 N–H and O–H groups in total. The summed E-state index contributed by atoms with van der Waals surface area (Å²) in [7, 11) is -1.83. The van der Waals surface area contributed by atoms with Crippen LogP contribution >= 0.6 is 12.6 Å². The minimum Gasteiger partial charge on any atom is -0.519 e. The number of hydrogen-bond donors (Lipinski definition) is 2. The fourth-order valence-electron chi connectivity index (χ4n) is 0.654. The molecular formula is C8H19NO2SSi. The summed E-state index contributed by atoms with van der Waals surface area (Å²) in [5, 5.41) is 0. The highest BCUT2D eigenvalue weighted by Gasteiger charge is 2.32. The molecule has 0 aliphatic carbocycles. The molecule has 0 unspecified atom stereocenters. The summed E-state index contributed by atoms with van der Waals surface area (Å²) >= 11 is 4.23. The Balaban J connectivity index is 4.30. The summed E-state index contributed by atoms with van der Waals surface area (Å²) in [5.74, 6) is -0.348. The van der Waals surface area contributed by atoms with E-state index in [2.05, 4.69) is 12.6 Å². The fraction of sp³-hybridized carbons (Fsp3) is 0.875. The van der Waals surface area contributed by atoms with Gasteiger partial charge < -0.3 is 10.2 Å². The highest BCUT2D eigenvalue weighted by molar-refractivity contribution is 7.81. The molecule has 0 saturated carbocycles. The van der Waals surface area contributed by atoms with Crippen LogP contribution in [-0.2, 0) is 9.22 Å². The van der Waals surface area contributed by atoms with E-state index in [9.17, 15) is 4.79 Å². The molecule has 0 heterocycles. The van der Waals surface area contributed by atoms with Gasteiger partial charge in [-0.1, -0.05) is 0 Å². The van der Waals surface area contributed by atoms with Crippen molar-refractivity contribution < 1.29 is 9.22 Å². The predicted molar refractivity (Wildman–Crippen MR) is 60.5 cm³/mol. The van der Waals surface area contributed by atoms with Crippen molar-refractivity contribution in [2.24, 2.45) is 5.73 Å². The average Bonchev–Trinajstić information content (AvgIpc) is 1.79. The third-order valence-electron chi connectivity index (χ3n) is 1.42. The topological polar surface area (TPSA) is 52.3 Å². The summed E-state index contributed by atoms with van der Waals surface area (Å²) in [4.78, 5) is 11.4. The van der Waals surface area contributed by atoms with E-state index >= 15 is 0 Å². The maximum Gasteiger partial charge on any atom is 0.311 e. The lowest BCUT2D eigenvalue weighted by Gasteiger charge is -2.27. The molecule has 0 fully saturated rings. The van der Waals surface area contributed by atoms with Gasteiger partial charge in [0.15, 0.2) is 0 Å². The molecule has 0 rings (SSSR count). The van der Waals surface area contributed by atoms with Gasteiger partial charge in [0.25, 0.3) is 0 Å². The van der Waals surface area contributed by atoms with Crippen LogP contribution in [0.15, 0.2) is 0 Å².